The van der Waals surface area contributed by atoms with E-state index in [1.165, 1.54) is 18.7 Å². The van der Waals surface area contributed by atoms with E-state index in [0.29, 0.717) is 38.2 Å². The molecule has 10 heteroatoms. The van der Waals surface area contributed by atoms with Crippen LogP contribution in [-0.2, 0) is 38.6 Å². The van der Waals surface area contributed by atoms with Crippen molar-refractivity contribution in [2.45, 2.75) is 32.5 Å². The average Bonchev–Trinajstić information content (AvgIpc) is 3.22. The second-order valence-corrected chi connectivity index (χ2v) is 13.9. The molecule has 0 N–H and O–H groups in total. The fourth-order valence-corrected chi connectivity index (χ4v) is 7.09. The summed E-state index contributed by atoms with van der Waals surface area (Å²) < 4.78 is 4.82. The molecule has 2 fully saturated rings. The number of methoxy groups -OCH3 is 1. The van der Waals surface area contributed by atoms with Gasteiger partial charge in [-0.1, -0.05) is 84.9 Å². The van der Waals surface area contributed by atoms with Crippen molar-refractivity contribution in [2.75, 3.05) is 64.4 Å². The highest BCUT2D eigenvalue weighted by Crippen LogP contribution is 2.22. The summed E-state index contributed by atoms with van der Waals surface area (Å²) in [6.07, 6.45) is 3.60. The second-order valence-electron chi connectivity index (χ2n) is 13.9. The standard InChI is InChI=1S/C44H49N5O5/c1-34(50)46-27-29-47(30-28-46)40-20-15-38(16-21-40)33-49(42(51)22-17-35-13-18-39(19-14-35)44(53)54-2)41(31-36-9-5-3-6-10-36)43(52)48-25-23-45(24-26-48)32-37-11-7-4-8-12-37/h3-22,41H,23-33H2,1-2H3/b22-17+/t41-/m0/s1. The molecule has 1 atom stereocenters. The number of hydrogen-bond donors (Lipinski definition) is 0. The lowest BCUT2D eigenvalue weighted by atomic mass is 10.0. The third-order valence-electron chi connectivity index (χ3n) is 10.3. The normalized spacial score (nSPS) is 15.6. The third kappa shape index (κ3) is 10.0. The summed E-state index contributed by atoms with van der Waals surface area (Å²) in [4.78, 5) is 62.9. The van der Waals surface area contributed by atoms with Crippen LogP contribution < -0.4 is 4.90 Å². The summed E-state index contributed by atoms with van der Waals surface area (Å²) in [5, 5.41) is 0. The van der Waals surface area contributed by atoms with E-state index < -0.39 is 12.0 Å². The van der Waals surface area contributed by atoms with E-state index >= 15 is 0 Å². The molecule has 10 nitrogen and oxygen atoms in total. The zero-order valence-corrected chi connectivity index (χ0v) is 31.2. The molecule has 280 valence electrons. The van der Waals surface area contributed by atoms with E-state index in [4.69, 9.17) is 4.74 Å². The Morgan fingerprint density at radius 3 is 1.87 bits per heavy atom. The summed E-state index contributed by atoms with van der Waals surface area (Å²) in [6, 6.07) is 34.5. The largest absolute Gasteiger partial charge is 0.465 e. The van der Waals surface area contributed by atoms with Crippen molar-refractivity contribution in [3.05, 3.63) is 143 Å². The van der Waals surface area contributed by atoms with Crippen molar-refractivity contribution in [2.24, 2.45) is 0 Å². The van der Waals surface area contributed by atoms with Crippen molar-refractivity contribution >= 4 is 35.5 Å². The number of carbonyl (C=O) groups is 4. The molecule has 2 aliphatic heterocycles. The molecule has 3 amide bonds. The molecule has 6 rings (SSSR count). The molecule has 4 aromatic carbocycles. The smallest absolute Gasteiger partial charge is 0.337 e. The predicted molar refractivity (Wildman–Crippen MR) is 211 cm³/mol. The number of carbonyl (C=O) groups excluding carboxylic acids is 4. The highest BCUT2D eigenvalue weighted by molar-refractivity contribution is 5.96. The molecule has 54 heavy (non-hydrogen) atoms. The Morgan fingerprint density at radius 2 is 1.28 bits per heavy atom. The maximum Gasteiger partial charge on any atom is 0.337 e. The SMILES string of the molecule is COC(=O)c1ccc(/C=C/C(=O)N(Cc2ccc(N3CCN(C(C)=O)CC3)cc2)[C@@H](Cc2ccccc2)C(=O)N2CCN(Cc3ccccc3)CC2)cc1. The fourth-order valence-electron chi connectivity index (χ4n) is 7.09. The summed E-state index contributed by atoms with van der Waals surface area (Å²) in [5.41, 5.74) is 5.34. The number of anilines is 1. The molecule has 0 radical (unpaired) electrons. The van der Waals surface area contributed by atoms with Gasteiger partial charge in [-0.05, 0) is 52.6 Å². The Hall–Kier alpha value is -5.74. The minimum absolute atomic E-state index is 0.0673. The molecular formula is C44H49N5O5. The van der Waals surface area contributed by atoms with Crippen LogP contribution in [0.2, 0.25) is 0 Å². The number of amides is 3. The van der Waals surface area contributed by atoms with E-state index in [-0.39, 0.29) is 24.3 Å². The second kappa shape index (κ2) is 18.3. The molecule has 0 unspecified atom stereocenters. The third-order valence-corrected chi connectivity index (χ3v) is 10.3. The van der Waals surface area contributed by atoms with Gasteiger partial charge in [0.2, 0.25) is 17.7 Å². The Labute approximate surface area is 318 Å². The zero-order chi connectivity index (χ0) is 37.9. The number of ether oxygens (including phenoxy) is 1. The topological polar surface area (TPSA) is 93.7 Å². The minimum Gasteiger partial charge on any atom is -0.465 e. The van der Waals surface area contributed by atoms with Gasteiger partial charge in [-0.15, -0.1) is 0 Å². The highest BCUT2D eigenvalue weighted by atomic mass is 16.5. The molecule has 2 heterocycles. The minimum atomic E-state index is -0.744. The van der Waals surface area contributed by atoms with Gasteiger partial charge >= 0.3 is 5.97 Å². The van der Waals surface area contributed by atoms with Gasteiger partial charge in [-0.25, -0.2) is 4.79 Å². The van der Waals surface area contributed by atoms with Crippen molar-refractivity contribution in [3.8, 4) is 0 Å². The van der Waals surface area contributed by atoms with Crippen LogP contribution in [0.3, 0.4) is 0 Å². The summed E-state index contributed by atoms with van der Waals surface area (Å²) in [6.45, 7) is 8.18. The summed E-state index contributed by atoms with van der Waals surface area (Å²) >= 11 is 0. The van der Waals surface area contributed by atoms with Gasteiger partial charge in [-0.3, -0.25) is 19.3 Å². The van der Waals surface area contributed by atoms with Crippen LogP contribution >= 0.6 is 0 Å². The van der Waals surface area contributed by atoms with Gasteiger partial charge in [0.25, 0.3) is 0 Å². The van der Waals surface area contributed by atoms with E-state index in [0.717, 1.165) is 55.1 Å². The average molecular weight is 728 g/mol. The van der Waals surface area contributed by atoms with E-state index in [1.54, 1.807) is 42.2 Å². The van der Waals surface area contributed by atoms with Crippen molar-refractivity contribution in [3.63, 3.8) is 0 Å². The van der Waals surface area contributed by atoms with Crippen molar-refractivity contribution in [1.29, 1.82) is 0 Å². The van der Waals surface area contributed by atoms with Crippen molar-refractivity contribution < 1.29 is 23.9 Å². The Morgan fingerprint density at radius 1 is 0.685 bits per heavy atom. The lowest BCUT2D eigenvalue weighted by Gasteiger charge is -2.39. The molecule has 4 aromatic rings. The number of rotatable bonds is 12. The monoisotopic (exact) mass is 727 g/mol. The fraction of sp³-hybridized carbons (Fsp3) is 0.318. The first kappa shape index (κ1) is 38.0. The number of esters is 1. The summed E-state index contributed by atoms with van der Waals surface area (Å²) in [7, 11) is 1.34. The Balaban J connectivity index is 1.25. The number of hydrogen-bond acceptors (Lipinski definition) is 7. The molecule has 0 aromatic heterocycles. The molecule has 0 bridgehead atoms. The molecule has 0 saturated carbocycles. The van der Waals surface area contributed by atoms with Crippen LogP contribution in [0.5, 0.6) is 0 Å². The van der Waals surface area contributed by atoms with Gasteiger partial charge in [0.15, 0.2) is 0 Å². The van der Waals surface area contributed by atoms with Gasteiger partial charge < -0.3 is 24.3 Å². The van der Waals surface area contributed by atoms with E-state index in [9.17, 15) is 19.2 Å². The highest BCUT2D eigenvalue weighted by Gasteiger charge is 2.34. The van der Waals surface area contributed by atoms with Gasteiger partial charge in [0.05, 0.1) is 12.7 Å². The number of benzene rings is 4. The van der Waals surface area contributed by atoms with Crippen LogP contribution in [0.1, 0.15) is 39.5 Å². The van der Waals surface area contributed by atoms with Crippen LogP contribution in [0.4, 0.5) is 5.69 Å². The van der Waals surface area contributed by atoms with Gasteiger partial charge in [0, 0.05) is 90.6 Å². The first-order chi connectivity index (χ1) is 26.3. The Bertz CT molecular complexity index is 1880. The van der Waals surface area contributed by atoms with Crippen LogP contribution in [0.15, 0.2) is 115 Å². The summed E-state index contributed by atoms with van der Waals surface area (Å²) in [5.74, 6) is -0.688. The first-order valence-corrected chi connectivity index (χ1v) is 18.6. The molecular weight excluding hydrogens is 679 g/mol. The van der Waals surface area contributed by atoms with Gasteiger partial charge in [-0.2, -0.15) is 0 Å². The van der Waals surface area contributed by atoms with E-state index in [2.05, 4.69) is 34.1 Å². The lowest BCUT2D eigenvalue weighted by Crippen LogP contribution is -2.56. The number of piperazine rings is 2. The maximum atomic E-state index is 14.7. The maximum absolute atomic E-state index is 14.7. The lowest BCUT2D eigenvalue weighted by molar-refractivity contribution is -0.145. The zero-order valence-electron chi connectivity index (χ0n) is 31.2. The quantitative estimate of drug-likeness (QED) is 0.148. The predicted octanol–water partition coefficient (Wildman–Crippen LogP) is 5.14. The van der Waals surface area contributed by atoms with Crippen LogP contribution in [0.25, 0.3) is 6.08 Å². The van der Waals surface area contributed by atoms with Gasteiger partial charge in [0.1, 0.15) is 6.04 Å². The van der Waals surface area contributed by atoms with Crippen LogP contribution in [-0.4, -0.2) is 109 Å². The van der Waals surface area contributed by atoms with Crippen molar-refractivity contribution in [1.82, 2.24) is 19.6 Å². The molecule has 0 aliphatic carbocycles. The molecule has 2 saturated heterocycles. The Kier molecular flexibility index (Phi) is 12.9. The molecule has 0 spiro atoms. The van der Waals surface area contributed by atoms with E-state index in [1.807, 2.05) is 70.5 Å². The van der Waals surface area contributed by atoms with Crippen LogP contribution in [0, 0.1) is 0 Å². The molecule has 2 aliphatic rings. The first-order valence-electron chi connectivity index (χ1n) is 18.6. The number of nitrogens with zero attached hydrogens (tertiary/aromatic N) is 5.